The molecule has 0 aliphatic rings. The van der Waals surface area contributed by atoms with Crippen LogP contribution in [0.2, 0.25) is 0 Å². The van der Waals surface area contributed by atoms with Gasteiger partial charge in [-0.05, 0) is 31.2 Å². The van der Waals surface area contributed by atoms with E-state index in [1.807, 2.05) is 24.3 Å². The fourth-order valence-electron chi connectivity index (χ4n) is 2.95. The van der Waals surface area contributed by atoms with Crippen LogP contribution in [0.1, 0.15) is 21.6 Å². The minimum absolute atomic E-state index is 0.263. The quantitative estimate of drug-likeness (QED) is 0.469. The van der Waals surface area contributed by atoms with Crippen LogP contribution in [-0.2, 0) is 6.18 Å². The Labute approximate surface area is 157 Å². The van der Waals surface area contributed by atoms with Gasteiger partial charge in [0.25, 0.3) is 5.91 Å². The van der Waals surface area contributed by atoms with E-state index in [4.69, 9.17) is 0 Å². The van der Waals surface area contributed by atoms with Crippen molar-refractivity contribution in [2.45, 2.75) is 13.1 Å². The highest BCUT2D eigenvalue weighted by Gasteiger charge is 2.35. The van der Waals surface area contributed by atoms with Crippen LogP contribution >= 0.6 is 0 Å². The summed E-state index contributed by atoms with van der Waals surface area (Å²) < 4.78 is 41.1. The average molecular weight is 386 g/mol. The summed E-state index contributed by atoms with van der Waals surface area (Å²) in [5.41, 5.74) is 0.758. The first-order chi connectivity index (χ1) is 13.3. The molecule has 142 valence electrons. The molecule has 0 fully saturated rings. The van der Waals surface area contributed by atoms with Gasteiger partial charge in [0.15, 0.2) is 5.52 Å². The number of H-pyrrole nitrogens is 2. The second-order valence-electron chi connectivity index (χ2n) is 6.23. The van der Waals surface area contributed by atoms with Gasteiger partial charge in [-0.25, -0.2) is 0 Å². The van der Waals surface area contributed by atoms with Crippen LogP contribution in [0.3, 0.4) is 0 Å². The van der Waals surface area contributed by atoms with E-state index in [-0.39, 0.29) is 5.82 Å². The maximum absolute atomic E-state index is 13.2. The Morgan fingerprint density at radius 2 is 1.82 bits per heavy atom. The Hall–Kier alpha value is -3.62. The number of para-hydroxylation sites is 2. The number of alkyl halides is 3. The zero-order chi connectivity index (χ0) is 19.9. The molecule has 2 aromatic heterocycles. The summed E-state index contributed by atoms with van der Waals surface area (Å²) in [6.45, 7) is 1.76. The summed E-state index contributed by atoms with van der Waals surface area (Å²) in [7, 11) is 0. The minimum Gasteiger partial charge on any atom is -0.258 e. The number of carbonyl (C=O) groups excluding carboxylic acids is 1. The molecule has 0 saturated heterocycles. The van der Waals surface area contributed by atoms with E-state index in [0.29, 0.717) is 11.6 Å². The van der Waals surface area contributed by atoms with Crippen LogP contribution in [0.4, 0.5) is 19.0 Å². The predicted octanol–water partition coefficient (Wildman–Crippen LogP) is 3.75. The smallest absolute Gasteiger partial charge is 0.258 e. The van der Waals surface area contributed by atoms with E-state index in [1.54, 1.807) is 13.0 Å². The fourth-order valence-corrected chi connectivity index (χ4v) is 2.95. The zero-order valence-corrected chi connectivity index (χ0v) is 14.6. The number of aryl methyl sites for hydroxylation is 1. The molecule has 0 atom stereocenters. The van der Waals surface area contributed by atoms with Crippen molar-refractivity contribution in [1.29, 1.82) is 0 Å². The Morgan fingerprint density at radius 3 is 2.57 bits per heavy atom. The topological polar surface area (TPSA) is 77.5 Å². The summed E-state index contributed by atoms with van der Waals surface area (Å²) in [5, 5.41) is 5.55. The molecule has 0 spiro atoms. The number of anilines is 1. The number of carbonyl (C=O) groups is 1. The number of hydrogen-bond donors (Lipinski definition) is 3. The van der Waals surface area contributed by atoms with Crippen molar-refractivity contribution in [3.05, 3.63) is 71.4 Å². The van der Waals surface area contributed by atoms with Gasteiger partial charge in [-0.3, -0.25) is 20.2 Å². The third kappa shape index (κ3) is 3.22. The van der Waals surface area contributed by atoms with Crippen molar-refractivity contribution in [3.63, 3.8) is 0 Å². The number of fused-ring (bicyclic) bond motifs is 1. The Kier molecular flexibility index (Phi) is 4.14. The molecule has 9 heteroatoms. The van der Waals surface area contributed by atoms with Crippen LogP contribution in [-0.4, -0.2) is 21.0 Å². The van der Waals surface area contributed by atoms with Crippen molar-refractivity contribution < 1.29 is 22.6 Å². The monoisotopic (exact) mass is 386 g/mol. The lowest BCUT2D eigenvalue weighted by Gasteiger charge is -2.11. The van der Waals surface area contributed by atoms with Crippen molar-refractivity contribution >= 4 is 22.8 Å². The first-order valence-electron chi connectivity index (χ1n) is 8.37. The average Bonchev–Trinajstić information content (AvgIpc) is 3.24. The molecule has 0 saturated carbocycles. The molecule has 4 rings (SSSR count). The first-order valence-corrected chi connectivity index (χ1v) is 8.37. The van der Waals surface area contributed by atoms with Crippen LogP contribution in [0, 0.1) is 6.92 Å². The molecular weight excluding hydrogens is 371 g/mol. The predicted molar refractivity (Wildman–Crippen MR) is 96.1 cm³/mol. The van der Waals surface area contributed by atoms with Crippen LogP contribution in [0.25, 0.3) is 17.0 Å². The van der Waals surface area contributed by atoms with E-state index in [1.165, 1.54) is 16.8 Å². The number of rotatable bonds is 3. The number of aromatic nitrogens is 4. The molecule has 0 aliphatic carbocycles. The number of nitrogens with zero attached hydrogens (tertiary/aromatic N) is 2. The maximum atomic E-state index is 13.2. The molecule has 2 aromatic carbocycles. The summed E-state index contributed by atoms with van der Waals surface area (Å²) in [5.74, 6) is -0.205. The Morgan fingerprint density at radius 1 is 1.11 bits per heavy atom. The summed E-state index contributed by atoms with van der Waals surface area (Å²) in [6.07, 6.45) is -4.63. The van der Waals surface area contributed by atoms with Crippen molar-refractivity contribution in [2.75, 3.05) is 5.32 Å². The van der Waals surface area contributed by atoms with Crippen LogP contribution in [0.5, 0.6) is 0 Å². The summed E-state index contributed by atoms with van der Waals surface area (Å²) in [4.78, 5) is 20.1. The zero-order valence-electron chi connectivity index (χ0n) is 14.6. The number of imidazole rings is 1. The second-order valence-corrected chi connectivity index (χ2v) is 6.23. The van der Waals surface area contributed by atoms with E-state index in [2.05, 4.69) is 20.4 Å². The van der Waals surface area contributed by atoms with Gasteiger partial charge in [0.2, 0.25) is 5.82 Å². The highest BCUT2D eigenvalue weighted by molar-refractivity contribution is 6.04. The molecule has 28 heavy (non-hydrogen) atoms. The number of aromatic amines is 2. The second kappa shape index (κ2) is 6.52. The number of hydrogen-bond acceptors (Lipinski definition) is 2. The number of benzene rings is 2. The molecule has 4 aromatic rings. The fraction of sp³-hybridized carbons (Fsp3) is 0.105. The first kappa shape index (κ1) is 17.8. The molecule has 0 radical (unpaired) electrons. The lowest BCUT2D eigenvalue weighted by Crippen LogP contribution is -2.38. The van der Waals surface area contributed by atoms with E-state index >= 15 is 0 Å². The number of nitrogens with one attached hydrogen (secondary N) is 3. The van der Waals surface area contributed by atoms with Gasteiger partial charge in [-0.1, -0.05) is 24.3 Å². The third-order valence-corrected chi connectivity index (χ3v) is 4.19. The maximum Gasteiger partial charge on any atom is 0.417 e. The van der Waals surface area contributed by atoms with Crippen LogP contribution in [0.15, 0.2) is 54.6 Å². The third-order valence-electron chi connectivity index (χ3n) is 4.19. The lowest BCUT2D eigenvalue weighted by atomic mass is 10.1. The van der Waals surface area contributed by atoms with Gasteiger partial charge >= 0.3 is 12.1 Å². The molecule has 0 bridgehead atoms. The summed E-state index contributed by atoms with van der Waals surface area (Å²) >= 11 is 0. The lowest BCUT2D eigenvalue weighted by molar-refractivity contribution is -0.648. The van der Waals surface area contributed by atoms with Crippen LogP contribution < -0.4 is 10.00 Å². The number of halogens is 3. The van der Waals surface area contributed by atoms with Crippen molar-refractivity contribution in [3.8, 4) is 5.95 Å². The Balaban J connectivity index is 1.71. The molecule has 0 unspecified atom stereocenters. The van der Waals surface area contributed by atoms with Gasteiger partial charge in [0, 0.05) is 11.8 Å². The molecule has 1 amide bonds. The normalized spacial score (nSPS) is 11.7. The highest BCUT2D eigenvalue weighted by Crippen LogP contribution is 2.32. The van der Waals surface area contributed by atoms with Crippen molar-refractivity contribution in [2.24, 2.45) is 0 Å². The van der Waals surface area contributed by atoms with E-state index in [0.717, 1.165) is 23.2 Å². The van der Waals surface area contributed by atoms with Crippen molar-refractivity contribution in [1.82, 2.24) is 15.1 Å². The summed E-state index contributed by atoms with van der Waals surface area (Å²) in [6, 6.07) is 13.6. The van der Waals surface area contributed by atoms with Gasteiger partial charge in [-0.15, -0.1) is 9.67 Å². The highest BCUT2D eigenvalue weighted by atomic mass is 19.4. The van der Waals surface area contributed by atoms with Gasteiger partial charge in [0.05, 0.1) is 11.1 Å². The van der Waals surface area contributed by atoms with E-state index < -0.39 is 23.2 Å². The van der Waals surface area contributed by atoms with E-state index in [9.17, 15) is 18.0 Å². The van der Waals surface area contributed by atoms with Gasteiger partial charge in [-0.2, -0.15) is 13.2 Å². The molecule has 0 aliphatic heterocycles. The molecule has 2 heterocycles. The molecule has 6 nitrogen and oxygen atoms in total. The molecular formula is C19H15F3N5O+. The largest absolute Gasteiger partial charge is 0.417 e. The molecule has 3 N–H and O–H groups in total. The number of amides is 1. The van der Waals surface area contributed by atoms with Gasteiger partial charge in [0.1, 0.15) is 5.52 Å². The Bertz CT molecular complexity index is 1140. The van der Waals surface area contributed by atoms with Gasteiger partial charge < -0.3 is 0 Å². The minimum atomic E-state index is -4.63. The standard InChI is InChI=1S/C19H14F3N5O/c1-11-10-16(25-17(28)12-6-2-3-7-13(12)19(20,21)22)27(26-11)18-23-14-8-4-5-9-15(14)24-18/h2-10H,1H3,(H2,23,24,25,26,28)/p+1. The SMILES string of the molecule is Cc1cc(NC(=O)c2ccccc2C(F)(F)F)[n+](-c2nc3ccccc3[nH]2)[nH]1.